The first-order valence-corrected chi connectivity index (χ1v) is 7.51. The fourth-order valence-electron chi connectivity index (χ4n) is 2.52. The van der Waals surface area contributed by atoms with Crippen LogP contribution in [0.3, 0.4) is 0 Å². The fraction of sp³-hybridized carbons (Fsp3) is 0.312. The summed E-state index contributed by atoms with van der Waals surface area (Å²) in [5.41, 5.74) is 7.05. The van der Waals surface area contributed by atoms with Crippen molar-refractivity contribution in [3.8, 4) is 5.75 Å². The third-order valence-electron chi connectivity index (χ3n) is 3.82. The molecule has 1 aromatic carbocycles. The minimum atomic E-state index is -0.356. The molecule has 0 atom stereocenters. The van der Waals surface area contributed by atoms with Crippen LogP contribution < -0.4 is 20.7 Å². The number of hydrogen-bond acceptors (Lipinski definition) is 6. The molecule has 1 aliphatic rings. The molecule has 0 radical (unpaired) electrons. The van der Waals surface area contributed by atoms with Gasteiger partial charge in [-0.3, -0.25) is 4.79 Å². The first-order chi connectivity index (χ1) is 11.2. The summed E-state index contributed by atoms with van der Waals surface area (Å²) in [6.45, 7) is 1.97. The number of carbonyl (C=O) groups is 1. The van der Waals surface area contributed by atoms with E-state index < -0.39 is 0 Å². The van der Waals surface area contributed by atoms with Crippen molar-refractivity contribution in [3.05, 3.63) is 36.0 Å². The number of amides is 1. The van der Waals surface area contributed by atoms with E-state index in [2.05, 4.69) is 20.4 Å². The Morgan fingerprint density at radius 2 is 2.00 bits per heavy atom. The summed E-state index contributed by atoms with van der Waals surface area (Å²) in [6, 6.07) is 8.57. The van der Waals surface area contributed by atoms with E-state index in [0.717, 1.165) is 18.9 Å². The Bertz CT molecular complexity index is 696. The lowest BCUT2D eigenvalue weighted by Crippen LogP contribution is -2.21. The molecule has 7 nitrogen and oxygen atoms in total. The Morgan fingerprint density at radius 3 is 2.65 bits per heavy atom. The second kappa shape index (κ2) is 6.51. The van der Waals surface area contributed by atoms with Crippen molar-refractivity contribution in [2.45, 2.75) is 12.8 Å². The van der Waals surface area contributed by atoms with Crippen molar-refractivity contribution >= 4 is 23.1 Å². The Morgan fingerprint density at radius 1 is 1.22 bits per heavy atom. The normalized spacial score (nSPS) is 13.9. The zero-order valence-electron chi connectivity index (χ0n) is 13.0. The molecule has 1 aliphatic heterocycles. The van der Waals surface area contributed by atoms with E-state index in [-0.39, 0.29) is 11.6 Å². The van der Waals surface area contributed by atoms with Gasteiger partial charge in [-0.25, -0.2) is 0 Å². The molecule has 0 unspecified atom stereocenters. The van der Waals surface area contributed by atoms with Gasteiger partial charge in [-0.15, -0.1) is 10.2 Å². The number of hydrogen-bond donors (Lipinski definition) is 2. The molecule has 0 saturated carbocycles. The van der Waals surface area contributed by atoms with Crippen molar-refractivity contribution < 1.29 is 9.53 Å². The number of methoxy groups -OCH3 is 1. The summed E-state index contributed by atoms with van der Waals surface area (Å²) in [7, 11) is 1.56. The van der Waals surface area contributed by atoms with Gasteiger partial charge in [0, 0.05) is 19.2 Å². The zero-order chi connectivity index (χ0) is 16.2. The summed E-state index contributed by atoms with van der Waals surface area (Å²) in [6.07, 6.45) is 2.33. The zero-order valence-corrected chi connectivity index (χ0v) is 13.0. The van der Waals surface area contributed by atoms with Gasteiger partial charge in [-0.1, -0.05) is 0 Å². The lowest BCUT2D eigenvalue weighted by atomic mass is 10.2. The topological polar surface area (TPSA) is 93.4 Å². The molecule has 3 rings (SSSR count). The summed E-state index contributed by atoms with van der Waals surface area (Å²) in [5, 5.41) is 10.9. The Balaban J connectivity index is 1.73. The molecular weight excluding hydrogens is 294 g/mol. The molecule has 23 heavy (non-hydrogen) atoms. The first-order valence-electron chi connectivity index (χ1n) is 7.51. The number of rotatable bonds is 4. The minimum Gasteiger partial charge on any atom is -0.497 e. The summed E-state index contributed by atoms with van der Waals surface area (Å²) < 4.78 is 5.13. The van der Waals surface area contributed by atoms with Crippen LogP contribution in [0.5, 0.6) is 5.75 Å². The number of ether oxygens (including phenoxy) is 1. The summed E-state index contributed by atoms with van der Waals surface area (Å²) in [4.78, 5) is 14.4. The third kappa shape index (κ3) is 3.33. The maximum Gasteiger partial charge on any atom is 0.276 e. The van der Waals surface area contributed by atoms with Gasteiger partial charge in [0.25, 0.3) is 5.91 Å². The van der Waals surface area contributed by atoms with E-state index in [1.807, 2.05) is 6.07 Å². The van der Waals surface area contributed by atoms with Crippen molar-refractivity contribution in [1.82, 2.24) is 10.2 Å². The van der Waals surface area contributed by atoms with Gasteiger partial charge in [0.15, 0.2) is 11.5 Å². The number of anilines is 3. The molecule has 120 valence electrons. The number of benzene rings is 1. The molecule has 1 amide bonds. The Hall–Kier alpha value is -2.83. The van der Waals surface area contributed by atoms with Gasteiger partial charge in [0.2, 0.25) is 0 Å². The average molecular weight is 313 g/mol. The van der Waals surface area contributed by atoms with E-state index in [9.17, 15) is 4.79 Å². The molecule has 2 aromatic rings. The quantitative estimate of drug-likeness (QED) is 0.838. The molecule has 7 heteroatoms. The number of aromatic nitrogens is 2. The van der Waals surface area contributed by atoms with Crippen LogP contribution in [0.15, 0.2) is 30.3 Å². The molecule has 1 saturated heterocycles. The smallest absolute Gasteiger partial charge is 0.276 e. The van der Waals surface area contributed by atoms with Crippen LogP contribution in [0.25, 0.3) is 0 Å². The van der Waals surface area contributed by atoms with Crippen LogP contribution in [-0.4, -0.2) is 36.3 Å². The van der Waals surface area contributed by atoms with Gasteiger partial charge < -0.3 is 20.7 Å². The average Bonchev–Trinajstić information content (AvgIpc) is 3.11. The van der Waals surface area contributed by atoms with Crippen LogP contribution in [-0.2, 0) is 0 Å². The minimum absolute atomic E-state index is 0.246. The fourth-order valence-corrected chi connectivity index (χ4v) is 2.52. The molecule has 1 fully saturated rings. The van der Waals surface area contributed by atoms with Crippen molar-refractivity contribution in [2.24, 2.45) is 0 Å². The van der Waals surface area contributed by atoms with E-state index in [1.165, 1.54) is 12.8 Å². The lowest BCUT2D eigenvalue weighted by Gasteiger charge is -2.15. The predicted octanol–water partition coefficient (Wildman–Crippen LogP) is 1.92. The van der Waals surface area contributed by atoms with Gasteiger partial charge in [-0.2, -0.15) is 0 Å². The standard InChI is InChI=1S/C16H19N5O2/c1-23-11-4-5-12(17)14(10-11)18-16(22)13-6-7-15(20-19-13)21-8-2-3-9-21/h4-7,10H,2-3,8-9,17H2,1H3,(H,18,22). The maximum atomic E-state index is 12.3. The maximum absolute atomic E-state index is 12.3. The van der Waals surface area contributed by atoms with E-state index in [1.54, 1.807) is 31.4 Å². The highest BCUT2D eigenvalue weighted by Gasteiger charge is 2.16. The Labute approximate surface area is 134 Å². The molecule has 0 aliphatic carbocycles. The summed E-state index contributed by atoms with van der Waals surface area (Å²) >= 11 is 0. The van der Waals surface area contributed by atoms with Crippen molar-refractivity contribution in [1.29, 1.82) is 0 Å². The molecule has 2 heterocycles. The number of nitrogens with one attached hydrogen (secondary N) is 1. The number of nitrogens with zero attached hydrogens (tertiary/aromatic N) is 3. The summed E-state index contributed by atoms with van der Waals surface area (Å²) in [5.74, 6) is 1.07. The molecule has 1 aromatic heterocycles. The highest BCUT2D eigenvalue weighted by atomic mass is 16.5. The second-order valence-corrected chi connectivity index (χ2v) is 5.38. The Kier molecular flexibility index (Phi) is 4.27. The molecule has 0 spiro atoms. The third-order valence-corrected chi connectivity index (χ3v) is 3.82. The van der Waals surface area contributed by atoms with Crippen LogP contribution in [0.4, 0.5) is 17.2 Å². The molecule has 0 bridgehead atoms. The van der Waals surface area contributed by atoms with Gasteiger partial charge in [0.1, 0.15) is 5.75 Å². The molecule has 3 N–H and O–H groups in total. The predicted molar refractivity (Wildman–Crippen MR) is 88.8 cm³/mol. The van der Waals surface area contributed by atoms with Gasteiger partial charge >= 0.3 is 0 Å². The highest BCUT2D eigenvalue weighted by Crippen LogP contribution is 2.25. The lowest BCUT2D eigenvalue weighted by molar-refractivity contribution is 0.102. The second-order valence-electron chi connectivity index (χ2n) is 5.38. The first kappa shape index (κ1) is 15.1. The number of nitrogen functional groups attached to an aromatic ring is 1. The molecular formula is C16H19N5O2. The van der Waals surface area contributed by atoms with Gasteiger partial charge in [0.05, 0.1) is 18.5 Å². The van der Waals surface area contributed by atoms with Crippen LogP contribution in [0, 0.1) is 0 Å². The highest BCUT2D eigenvalue weighted by molar-refractivity contribution is 6.04. The van der Waals surface area contributed by atoms with Crippen molar-refractivity contribution in [3.63, 3.8) is 0 Å². The monoisotopic (exact) mass is 313 g/mol. The van der Waals surface area contributed by atoms with Crippen LogP contribution in [0.2, 0.25) is 0 Å². The van der Waals surface area contributed by atoms with E-state index in [4.69, 9.17) is 10.5 Å². The number of nitrogens with two attached hydrogens (primary N) is 1. The SMILES string of the molecule is COc1ccc(N)c(NC(=O)c2ccc(N3CCCC3)nn2)c1. The largest absolute Gasteiger partial charge is 0.497 e. The van der Waals surface area contributed by atoms with Crippen LogP contribution >= 0.6 is 0 Å². The van der Waals surface area contributed by atoms with Crippen LogP contribution in [0.1, 0.15) is 23.3 Å². The number of carbonyl (C=O) groups excluding carboxylic acids is 1. The van der Waals surface area contributed by atoms with E-state index >= 15 is 0 Å². The van der Waals surface area contributed by atoms with E-state index in [0.29, 0.717) is 17.1 Å². The van der Waals surface area contributed by atoms with Gasteiger partial charge in [-0.05, 0) is 37.1 Å². The van der Waals surface area contributed by atoms with Crippen molar-refractivity contribution in [2.75, 3.05) is 36.1 Å².